The molecule has 1 heterocycles. The number of amides is 1. The summed E-state index contributed by atoms with van der Waals surface area (Å²) in [4.78, 5) is 17.5. The number of aryl methyl sites for hydroxylation is 1. The second-order valence-electron chi connectivity index (χ2n) is 6.20. The summed E-state index contributed by atoms with van der Waals surface area (Å²) >= 11 is 3.56. The molecule has 1 aliphatic rings. The van der Waals surface area contributed by atoms with Crippen molar-refractivity contribution >= 4 is 57.2 Å². The molecule has 0 radical (unpaired) electrons. The Morgan fingerprint density at radius 2 is 1.83 bits per heavy atom. The smallest absolute Gasteiger partial charge is 0.264 e. The SMILES string of the molecule is CCOc1cc(C=C2SC(=Nc3ccc(CC)cc3)NC2=O)cc(I)c1OCC. The van der Waals surface area contributed by atoms with Gasteiger partial charge in [-0.2, -0.15) is 0 Å². The maximum absolute atomic E-state index is 12.4. The number of rotatable bonds is 7. The molecule has 0 atom stereocenters. The Labute approximate surface area is 189 Å². The Hall–Kier alpha value is -2.00. The molecule has 2 aromatic carbocycles. The number of nitrogens with one attached hydrogen (secondary N) is 1. The van der Waals surface area contributed by atoms with Gasteiger partial charge in [0.25, 0.3) is 5.91 Å². The second kappa shape index (κ2) is 10.2. The van der Waals surface area contributed by atoms with Crippen molar-refractivity contribution in [1.82, 2.24) is 5.32 Å². The lowest BCUT2D eigenvalue weighted by molar-refractivity contribution is -0.115. The van der Waals surface area contributed by atoms with Crippen LogP contribution in [-0.2, 0) is 11.2 Å². The topological polar surface area (TPSA) is 59.9 Å². The molecule has 0 unspecified atom stereocenters. The molecule has 2 aromatic rings. The molecule has 29 heavy (non-hydrogen) atoms. The molecule has 1 fully saturated rings. The zero-order valence-corrected chi connectivity index (χ0v) is 19.6. The van der Waals surface area contributed by atoms with E-state index < -0.39 is 0 Å². The van der Waals surface area contributed by atoms with E-state index in [1.807, 2.05) is 44.2 Å². The van der Waals surface area contributed by atoms with E-state index in [2.05, 4.69) is 52.0 Å². The van der Waals surface area contributed by atoms with Crippen molar-refractivity contribution in [2.75, 3.05) is 13.2 Å². The molecule has 1 saturated heterocycles. The number of benzene rings is 2. The van der Waals surface area contributed by atoms with Crippen molar-refractivity contribution in [2.24, 2.45) is 4.99 Å². The predicted molar refractivity (Wildman–Crippen MR) is 128 cm³/mol. The van der Waals surface area contributed by atoms with Gasteiger partial charge in [0.15, 0.2) is 16.7 Å². The first-order valence-electron chi connectivity index (χ1n) is 9.51. The molecule has 152 valence electrons. The van der Waals surface area contributed by atoms with Gasteiger partial charge in [-0.15, -0.1) is 0 Å². The first-order chi connectivity index (χ1) is 14.0. The molecular formula is C22H23IN2O3S. The highest BCUT2D eigenvalue weighted by Gasteiger charge is 2.24. The van der Waals surface area contributed by atoms with E-state index >= 15 is 0 Å². The summed E-state index contributed by atoms with van der Waals surface area (Å²) in [6.45, 7) is 7.10. The highest BCUT2D eigenvalue weighted by molar-refractivity contribution is 14.1. The number of hydrogen-bond donors (Lipinski definition) is 1. The van der Waals surface area contributed by atoms with Crippen LogP contribution in [0.4, 0.5) is 5.69 Å². The lowest BCUT2D eigenvalue weighted by Gasteiger charge is -2.13. The van der Waals surface area contributed by atoms with Crippen LogP contribution >= 0.6 is 34.4 Å². The van der Waals surface area contributed by atoms with E-state index in [0.717, 1.165) is 27.0 Å². The molecule has 0 aromatic heterocycles. The summed E-state index contributed by atoms with van der Waals surface area (Å²) in [6.07, 6.45) is 2.84. The first kappa shape index (κ1) is 21.7. The van der Waals surface area contributed by atoms with E-state index in [1.165, 1.54) is 17.3 Å². The second-order valence-corrected chi connectivity index (χ2v) is 8.39. The third-order valence-corrected chi connectivity index (χ3v) is 5.86. The fraction of sp³-hybridized carbons (Fsp3) is 0.273. The van der Waals surface area contributed by atoms with Crippen LogP contribution in [0.1, 0.15) is 31.9 Å². The third-order valence-electron chi connectivity index (χ3n) is 4.14. The average molecular weight is 522 g/mol. The number of halogens is 1. The van der Waals surface area contributed by atoms with Crippen molar-refractivity contribution < 1.29 is 14.3 Å². The summed E-state index contributed by atoms with van der Waals surface area (Å²) in [5, 5.41) is 3.42. The van der Waals surface area contributed by atoms with Crippen LogP contribution in [-0.4, -0.2) is 24.3 Å². The minimum Gasteiger partial charge on any atom is -0.490 e. The van der Waals surface area contributed by atoms with Gasteiger partial charge in [0.05, 0.1) is 27.4 Å². The minimum absolute atomic E-state index is 0.152. The van der Waals surface area contributed by atoms with Gasteiger partial charge in [0.2, 0.25) is 0 Å². The van der Waals surface area contributed by atoms with Crippen molar-refractivity contribution in [3.8, 4) is 11.5 Å². The summed E-state index contributed by atoms with van der Waals surface area (Å²) in [5.74, 6) is 1.26. The third kappa shape index (κ3) is 5.54. The Kier molecular flexibility index (Phi) is 7.60. The molecule has 0 spiro atoms. The molecule has 1 amide bonds. The van der Waals surface area contributed by atoms with E-state index in [4.69, 9.17) is 9.47 Å². The van der Waals surface area contributed by atoms with E-state index in [9.17, 15) is 4.79 Å². The summed E-state index contributed by atoms with van der Waals surface area (Å²) < 4.78 is 12.4. The van der Waals surface area contributed by atoms with Crippen molar-refractivity contribution in [2.45, 2.75) is 27.2 Å². The van der Waals surface area contributed by atoms with Gasteiger partial charge >= 0.3 is 0 Å². The normalized spacial score (nSPS) is 16.3. The summed E-state index contributed by atoms with van der Waals surface area (Å²) in [6, 6.07) is 11.9. The maximum Gasteiger partial charge on any atom is 0.264 e. The van der Waals surface area contributed by atoms with Crippen molar-refractivity contribution in [3.63, 3.8) is 0 Å². The quantitative estimate of drug-likeness (QED) is 0.383. The van der Waals surface area contributed by atoms with Crippen LogP contribution < -0.4 is 14.8 Å². The molecule has 0 saturated carbocycles. The fourth-order valence-corrected chi connectivity index (χ4v) is 4.40. The van der Waals surface area contributed by atoms with Gasteiger partial charge in [-0.3, -0.25) is 4.79 Å². The Bertz CT molecular complexity index is 955. The first-order valence-corrected chi connectivity index (χ1v) is 11.4. The number of carbonyl (C=O) groups is 1. The van der Waals surface area contributed by atoms with Crippen molar-refractivity contribution in [3.05, 3.63) is 56.0 Å². The van der Waals surface area contributed by atoms with Gasteiger partial charge in [-0.25, -0.2) is 4.99 Å². The monoisotopic (exact) mass is 522 g/mol. The van der Waals surface area contributed by atoms with Gasteiger partial charge < -0.3 is 14.8 Å². The van der Waals surface area contributed by atoms with Gasteiger partial charge in [-0.1, -0.05) is 19.1 Å². The number of ether oxygens (including phenoxy) is 2. The van der Waals surface area contributed by atoms with Crippen LogP contribution in [0.3, 0.4) is 0 Å². The highest BCUT2D eigenvalue weighted by atomic mass is 127. The van der Waals surface area contributed by atoms with Gasteiger partial charge in [0, 0.05) is 0 Å². The number of carbonyl (C=O) groups excluding carboxylic acids is 1. The zero-order chi connectivity index (χ0) is 20.8. The molecule has 1 N–H and O–H groups in total. The van der Waals surface area contributed by atoms with Gasteiger partial charge in [0.1, 0.15) is 0 Å². The molecule has 0 aliphatic carbocycles. The number of amidine groups is 1. The molecule has 7 heteroatoms. The standard InChI is InChI=1S/C22H23IN2O3S/c1-4-14-7-9-16(10-8-14)24-22-25-21(26)19(29-22)13-15-11-17(23)20(28-6-3)18(12-15)27-5-2/h7-13H,4-6H2,1-3H3,(H,24,25,26). The van der Waals surface area contributed by atoms with Crippen molar-refractivity contribution in [1.29, 1.82) is 0 Å². The predicted octanol–water partition coefficient (Wildman–Crippen LogP) is 5.54. The van der Waals surface area contributed by atoms with Gasteiger partial charge in [-0.05, 0) is 96.1 Å². The Morgan fingerprint density at radius 1 is 1.10 bits per heavy atom. The van der Waals surface area contributed by atoms with E-state index in [-0.39, 0.29) is 5.91 Å². The van der Waals surface area contributed by atoms with Crippen LogP contribution in [0, 0.1) is 3.57 Å². The maximum atomic E-state index is 12.4. The lowest BCUT2D eigenvalue weighted by atomic mass is 10.2. The largest absolute Gasteiger partial charge is 0.490 e. The minimum atomic E-state index is -0.152. The number of hydrogen-bond acceptors (Lipinski definition) is 5. The molecule has 0 bridgehead atoms. The van der Waals surface area contributed by atoms with E-state index in [1.54, 1.807) is 0 Å². The number of thioether (sulfide) groups is 1. The highest BCUT2D eigenvalue weighted by Crippen LogP contribution is 2.36. The van der Waals surface area contributed by atoms with E-state index in [0.29, 0.717) is 29.0 Å². The molecule has 5 nitrogen and oxygen atoms in total. The molecular weight excluding hydrogens is 499 g/mol. The lowest BCUT2D eigenvalue weighted by Crippen LogP contribution is -2.19. The average Bonchev–Trinajstić information content (AvgIpc) is 3.04. The summed E-state index contributed by atoms with van der Waals surface area (Å²) in [7, 11) is 0. The van der Waals surface area contributed by atoms with Crippen LogP contribution in [0.25, 0.3) is 6.08 Å². The van der Waals surface area contributed by atoms with Crippen LogP contribution in [0.2, 0.25) is 0 Å². The van der Waals surface area contributed by atoms with Crippen LogP contribution in [0.15, 0.2) is 46.3 Å². The number of nitrogens with zero attached hydrogens (tertiary/aromatic N) is 1. The Balaban J connectivity index is 1.84. The van der Waals surface area contributed by atoms with Crippen LogP contribution in [0.5, 0.6) is 11.5 Å². The molecule has 1 aliphatic heterocycles. The number of aliphatic imine (C=N–C) groups is 1. The zero-order valence-electron chi connectivity index (χ0n) is 16.6. The summed E-state index contributed by atoms with van der Waals surface area (Å²) in [5.41, 5.74) is 2.96. The fourth-order valence-electron chi connectivity index (χ4n) is 2.77. The molecule has 3 rings (SSSR count). The Morgan fingerprint density at radius 3 is 2.48 bits per heavy atom.